The lowest BCUT2D eigenvalue weighted by atomic mass is 10.0. The van der Waals surface area contributed by atoms with Crippen LogP contribution in [0.2, 0.25) is 0 Å². The smallest absolute Gasteiger partial charge is 0.222 e. The molecule has 2 aromatic rings. The summed E-state index contributed by atoms with van der Waals surface area (Å²) < 4.78 is 1.98. The molecule has 22 heavy (non-hydrogen) atoms. The van der Waals surface area contributed by atoms with Crippen molar-refractivity contribution in [2.24, 2.45) is 0 Å². The molecule has 0 N–H and O–H groups in total. The highest BCUT2D eigenvalue weighted by Crippen LogP contribution is 2.21. The summed E-state index contributed by atoms with van der Waals surface area (Å²) >= 11 is 0. The highest BCUT2D eigenvalue weighted by atomic mass is 16.2. The Morgan fingerprint density at radius 3 is 3.00 bits per heavy atom. The highest BCUT2D eigenvalue weighted by molar-refractivity contribution is 5.76. The van der Waals surface area contributed by atoms with Gasteiger partial charge in [-0.25, -0.2) is 0 Å². The van der Waals surface area contributed by atoms with Crippen LogP contribution in [0.4, 0.5) is 0 Å². The normalized spacial score (nSPS) is 18.4. The zero-order valence-electron chi connectivity index (χ0n) is 12.8. The van der Waals surface area contributed by atoms with Gasteiger partial charge in [0.1, 0.15) is 0 Å². The van der Waals surface area contributed by atoms with E-state index in [4.69, 9.17) is 0 Å². The number of amides is 1. The number of hydrogen-bond acceptors (Lipinski definition) is 3. The third-order valence-electron chi connectivity index (χ3n) is 4.20. The fourth-order valence-corrected chi connectivity index (χ4v) is 3.02. The van der Waals surface area contributed by atoms with Gasteiger partial charge in [-0.2, -0.15) is 5.10 Å². The first-order valence-corrected chi connectivity index (χ1v) is 8.00. The minimum Gasteiger partial charge on any atom is -0.341 e. The number of likely N-dealkylation sites (tertiary alicyclic amines) is 1. The van der Waals surface area contributed by atoms with Crippen molar-refractivity contribution < 1.29 is 4.79 Å². The molecule has 2 aromatic heterocycles. The molecule has 0 aromatic carbocycles. The fraction of sp³-hybridized carbons (Fsp3) is 0.471. The number of hydrogen-bond donors (Lipinski definition) is 0. The van der Waals surface area contributed by atoms with Crippen LogP contribution in [-0.4, -0.2) is 38.7 Å². The van der Waals surface area contributed by atoms with Gasteiger partial charge in [0.05, 0.1) is 6.04 Å². The van der Waals surface area contributed by atoms with E-state index in [0.717, 1.165) is 44.5 Å². The van der Waals surface area contributed by atoms with Crippen molar-refractivity contribution in [2.75, 3.05) is 13.1 Å². The number of nitrogens with zero attached hydrogens (tertiary/aromatic N) is 4. The van der Waals surface area contributed by atoms with Crippen LogP contribution in [-0.2, 0) is 11.2 Å². The molecule has 1 amide bonds. The standard InChI is InChI=1S/C17H22N4O/c22-17(9-3-7-15-6-1-2-10-18-15)20-12-4-8-16(14-20)21-13-5-11-19-21/h1-2,5-6,10-11,13,16H,3-4,7-9,12,14H2/t16-/m1/s1. The first-order valence-electron chi connectivity index (χ1n) is 8.00. The van der Waals surface area contributed by atoms with Crippen molar-refractivity contribution in [1.82, 2.24) is 19.7 Å². The minimum atomic E-state index is 0.257. The van der Waals surface area contributed by atoms with Crippen molar-refractivity contribution in [3.63, 3.8) is 0 Å². The van der Waals surface area contributed by atoms with Gasteiger partial charge in [0, 0.05) is 43.8 Å². The quantitative estimate of drug-likeness (QED) is 0.852. The van der Waals surface area contributed by atoms with Crippen LogP contribution in [0.3, 0.4) is 0 Å². The molecule has 0 saturated carbocycles. The molecule has 3 heterocycles. The molecular weight excluding hydrogens is 276 g/mol. The lowest BCUT2D eigenvalue weighted by molar-refractivity contribution is -0.133. The van der Waals surface area contributed by atoms with E-state index in [9.17, 15) is 4.79 Å². The van der Waals surface area contributed by atoms with E-state index in [1.807, 2.05) is 40.0 Å². The monoisotopic (exact) mass is 298 g/mol. The fourth-order valence-electron chi connectivity index (χ4n) is 3.02. The number of rotatable bonds is 5. The molecule has 1 atom stereocenters. The number of aryl methyl sites for hydroxylation is 1. The van der Waals surface area contributed by atoms with Crippen LogP contribution >= 0.6 is 0 Å². The second-order valence-corrected chi connectivity index (χ2v) is 5.80. The maximum atomic E-state index is 12.4. The zero-order chi connectivity index (χ0) is 15.2. The van der Waals surface area contributed by atoms with Crippen molar-refractivity contribution in [1.29, 1.82) is 0 Å². The summed E-state index contributed by atoms with van der Waals surface area (Å²) in [5.41, 5.74) is 1.06. The largest absolute Gasteiger partial charge is 0.341 e. The van der Waals surface area contributed by atoms with Gasteiger partial charge in [0.15, 0.2) is 0 Å². The van der Waals surface area contributed by atoms with E-state index in [1.54, 1.807) is 12.4 Å². The van der Waals surface area contributed by atoms with Crippen LogP contribution < -0.4 is 0 Å². The van der Waals surface area contributed by atoms with Gasteiger partial charge in [-0.1, -0.05) is 6.07 Å². The van der Waals surface area contributed by atoms with E-state index < -0.39 is 0 Å². The molecule has 5 heteroatoms. The van der Waals surface area contributed by atoms with Crippen LogP contribution in [0, 0.1) is 0 Å². The molecule has 3 rings (SSSR count). The SMILES string of the molecule is O=C(CCCc1ccccn1)N1CCC[C@@H](n2cccn2)C1. The summed E-state index contributed by atoms with van der Waals surface area (Å²) in [4.78, 5) is 18.7. The molecule has 1 aliphatic rings. The number of aromatic nitrogens is 3. The number of carbonyl (C=O) groups is 1. The summed E-state index contributed by atoms with van der Waals surface area (Å²) in [7, 11) is 0. The van der Waals surface area contributed by atoms with Gasteiger partial charge in [0.2, 0.25) is 5.91 Å². The van der Waals surface area contributed by atoms with Gasteiger partial charge in [0.25, 0.3) is 0 Å². The second kappa shape index (κ2) is 7.20. The third-order valence-corrected chi connectivity index (χ3v) is 4.20. The molecule has 0 bridgehead atoms. The van der Waals surface area contributed by atoms with Crippen molar-refractivity contribution in [3.8, 4) is 0 Å². The van der Waals surface area contributed by atoms with Crippen LogP contribution in [0.5, 0.6) is 0 Å². The van der Waals surface area contributed by atoms with Crippen LogP contribution in [0.1, 0.15) is 37.4 Å². The Morgan fingerprint density at radius 2 is 2.23 bits per heavy atom. The highest BCUT2D eigenvalue weighted by Gasteiger charge is 2.24. The molecule has 5 nitrogen and oxygen atoms in total. The van der Waals surface area contributed by atoms with Crippen molar-refractivity contribution in [2.45, 2.75) is 38.1 Å². The van der Waals surface area contributed by atoms with Gasteiger partial charge < -0.3 is 4.90 Å². The lowest BCUT2D eigenvalue weighted by Gasteiger charge is -2.33. The predicted octanol–water partition coefficient (Wildman–Crippen LogP) is 2.46. The first-order chi connectivity index (χ1) is 10.8. The van der Waals surface area contributed by atoms with Crippen LogP contribution in [0.15, 0.2) is 42.9 Å². The summed E-state index contributed by atoms with van der Waals surface area (Å²) in [5.74, 6) is 0.257. The Kier molecular flexibility index (Phi) is 4.83. The molecule has 0 aliphatic carbocycles. The average Bonchev–Trinajstić information content (AvgIpc) is 3.10. The molecule has 1 aliphatic heterocycles. The van der Waals surface area contributed by atoms with Gasteiger partial charge in [-0.15, -0.1) is 0 Å². The molecule has 1 fully saturated rings. The van der Waals surface area contributed by atoms with Gasteiger partial charge in [-0.05, 0) is 43.9 Å². The van der Waals surface area contributed by atoms with Gasteiger partial charge in [-0.3, -0.25) is 14.5 Å². The Hall–Kier alpha value is -2.17. The summed E-state index contributed by atoms with van der Waals surface area (Å²) in [5, 5.41) is 4.31. The third kappa shape index (κ3) is 3.72. The minimum absolute atomic E-state index is 0.257. The van der Waals surface area contributed by atoms with Gasteiger partial charge >= 0.3 is 0 Å². The molecule has 1 saturated heterocycles. The molecule has 0 unspecified atom stereocenters. The molecular formula is C17H22N4O. The summed E-state index contributed by atoms with van der Waals surface area (Å²) in [6, 6.07) is 8.18. The Bertz CT molecular complexity index is 582. The Labute approximate surface area is 131 Å². The Balaban J connectivity index is 1.47. The average molecular weight is 298 g/mol. The summed E-state index contributed by atoms with van der Waals surface area (Å²) in [6.45, 7) is 1.66. The second-order valence-electron chi connectivity index (χ2n) is 5.80. The molecule has 0 radical (unpaired) electrons. The topological polar surface area (TPSA) is 51.0 Å². The maximum Gasteiger partial charge on any atom is 0.222 e. The number of carbonyl (C=O) groups excluding carboxylic acids is 1. The maximum absolute atomic E-state index is 12.4. The summed E-state index contributed by atoms with van der Waals surface area (Å²) in [6.07, 6.45) is 10.1. The van der Waals surface area contributed by atoms with E-state index >= 15 is 0 Å². The van der Waals surface area contributed by atoms with Crippen molar-refractivity contribution >= 4 is 5.91 Å². The van der Waals surface area contributed by atoms with Crippen molar-refractivity contribution in [3.05, 3.63) is 48.5 Å². The number of pyridine rings is 1. The van der Waals surface area contributed by atoms with Crippen LogP contribution in [0.25, 0.3) is 0 Å². The first kappa shape index (κ1) is 14.8. The number of piperidine rings is 1. The predicted molar refractivity (Wildman–Crippen MR) is 84.3 cm³/mol. The van der Waals surface area contributed by atoms with E-state index in [1.165, 1.54) is 0 Å². The zero-order valence-corrected chi connectivity index (χ0v) is 12.8. The lowest BCUT2D eigenvalue weighted by Crippen LogP contribution is -2.40. The molecule has 116 valence electrons. The van der Waals surface area contributed by atoms with E-state index in [-0.39, 0.29) is 5.91 Å². The van der Waals surface area contributed by atoms with E-state index in [0.29, 0.717) is 12.5 Å². The molecule has 0 spiro atoms. The van der Waals surface area contributed by atoms with E-state index in [2.05, 4.69) is 10.1 Å². The Morgan fingerprint density at radius 1 is 1.27 bits per heavy atom.